The van der Waals surface area contributed by atoms with Gasteiger partial charge in [-0.25, -0.2) is 5.14 Å². The molecule has 0 heterocycles. The van der Waals surface area contributed by atoms with Crippen LogP contribution in [-0.4, -0.2) is 32.1 Å². The van der Waals surface area contributed by atoms with Gasteiger partial charge in [0, 0.05) is 0 Å². The van der Waals surface area contributed by atoms with Crippen LogP contribution in [-0.2, 0) is 15.0 Å². The molecule has 1 atom stereocenters. The molecule has 0 bridgehead atoms. The molecule has 78 valence electrons. The summed E-state index contributed by atoms with van der Waals surface area (Å²) >= 11 is 0. The van der Waals surface area contributed by atoms with Crippen molar-refractivity contribution in [2.24, 2.45) is 10.9 Å². The van der Waals surface area contributed by atoms with Crippen molar-refractivity contribution in [3.8, 4) is 0 Å². The molecule has 0 aliphatic carbocycles. The average molecular weight is 211 g/mol. The molecule has 0 unspecified atom stereocenters. The van der Waals surface area contributed by atoms with E-state index in [0.29, 0.717) is 13.0 Å². The quantitative estimate of drug-likeness (QED) is 0.402. The molecular weight excluding hydrogens is 198 g/mol. The molecule has 0 spiro atoms. The molecule has 6 N–H and O–H groups in total. The van der Waals surface area contributed by atoms with Gasteiger partial charge < -0.3 is 10.8 Å². The van der Waals surface area contributed by atoms with E-state index in [4.69, 9.17) is 10.8 Å². The van der Waals surface area contributed by atoms with Crippen LogP contribution < -0.4 is 15.6 Å². The average Bonchev–Trinajstić information content (AvgIpc) is 1.95. The van der Waals surface area contributed by atoms with Crippen molar-refractivity contribution >= 4 is 16.2 Å². The number of carbonyl (C=O) groups is 1. The van der Waals surface area contributed by atoms with E-state index in [1.807, 2.05) is 0 Å². The van der Waals surface area contributed by atoms with Crippen molar-refractivity contribution in [3.63, 3.8) is 0 Å². The van der Waals surface area contributed by atoms with Crippen molar-refractivity contribution < 1.29 is 18.3 Å². The Balaban J connectivity index is 4.19. The Morgan fingerprint density at radius 3 is 2.38 bits per heavy atom. The molecule has 0 aromatic carbocycles. The number of rotatable bonds is 6. The van der Waals surface area contributed by atoms with Gasteiger partial charge >= 0.3 is 5.97 Å². The van der Waals surface area contributed by atoms with Gasteiger partial charge in [0.1, 0.15) is 6.04 Å². The van der Waals surface area contributed by atoms with Crippen LogP contribution in [0.5, 0.6) is 0 Å². The van der Waals surface area contributed by atoms with E-state index in [0.717, 1.165) is 0 Å². The monoisotopic (exact) mass is 211 g/mol. The van der Waals surface area contributed by atoms with Crippen molar-refractivity contribution in [3.05, 3.63) is 0 Å². The third-order valence-electron chi connectivity index (χ3n) is 1.30. The van der Waals surface area contributed by atoms with Gasteiger partial charge in [0.2, 0.25) is 0 Å². The van der Waals surface area contributed by atoms with Crippen LogP contribution in [0.25, 0.3) is 0 Å². The summed E-state index contributed by atoms with van der Waals surface area (Å²) < 4.78 is 22.7. The second kappa shape index (κ2) is 5.12. The number of nitrogens with two attached hydrogens (primary N) is 2. The van der Waals surface area contributed by atoms with Crippen LogP contribution in [0.3, 0.4) is 0 Å². The maximum atomic E-state index is 10.5. The molecule has 0 saturated heterocycles. The highest BCUT2D eigenvalue weighted by molar-refractivity contribution is 7.87. The Morgan fingerprint density at radius 1 is 1.54 bits per heavy atom. The fourth-order valence-corrected chi connectivity index (χ4v) is 1.37. The molecule has 0 aromatic heterocycles. The zero-order valence-electron chi connectivity index (χ0n) is 6.93. The second-order valence-electron chi connectivity index (χ2n) is 2.48. The zero-order chi connectivity index (χ0) is 10.5. The van der Waals surface area contributed by atoms with Crippen molar-refractivity contribution in [1.29, 1.82) is 0 Å². The van der Waals surface area contributed by atoms with Crippen LogP contribution >= 0.6 is 0 Å². The first kappa shape index (κ1) is 12.3. The lowest BCUT2D eigenvalue weighted by atomic mass is 10.2. The number of aliphatic carboxylic acids is 1. The lowest BCUT2D eigenvalue weighted by molar-refractivity contribution is -0.139. The van der Waals surface area contributed by atoms with Crippen LogP contribution in [0.15, 0.2) is 0 Å². The van der Waals surface area contributed by atoms with Gasteiger partial charge in [0.05, 0.1) is 0 Å². The summed E-state index contributed by atoms with van der Waals surface area (Å²) in [6.45, 7) is 0.302. The van der Waals surface area contributed by atoms with E-state index in [1.54, 1.807) is 4.72 Å². The second-order valence-corrected chi connectivity index (χ2v) is 3.81. The topological polar surface area (TPSA) is 136 Å². The SMILES string of the molecule is NCCC[C@H](NS(N)(=O)=O)C(=O)O. The summed E-state index contributed by atoms with van der Waals surface area (Å²) in [5, 5.41) is 13.2. The normalized spacial score (nSPS) is 14.0. The minimum Gasteiger partial charge on any atom is -0.480 e. The first-order valence-corrected chi connectivity index (χ1v) is 5.14. The lowest BCUT2D eigenvalue weighted by Gasteiger charge is -2.11. The predicted octanol–water partition coefficient (Wildman–Crippen LogP) is -2.03. The minimum absolute atomic E-state index is 0.127. The summed E-state index contributed by atoms with van der Waals surface area (Å²) in [6.07, 6.45) is 0.543. The Bertz CT molecular complexity index is 263. The largest absolute Gasteiger partial charge is 0.480 e. The van der Waals surface area contributed by atoms with E-state index in [-0.39, 0.29) is 6.42 Å². The number of nitrogens with one attached hydrogen (secondary N) is 1. The highest BCUT2D eigenvalue weighted by Gasteiger charge is 2.20. The minimum atomic E-state index is -3.97. The van der Waals surface area contributed by atoms with E-state index in [9.17, 15) is 13.2 Å². The molecule has 13 heavy (non-hydrogen) atoms. The van der Waals surface area contributed by atoms with E-state index < -0.39 is 22.2 Å². The van der Waals surface area contributed by atoms with Gasteiger partial charge in [-0.2, -0.15) is 13.1 Å². The fourth-order valence-electron chi connectivity index (χ4n) is 0.753. The summed E-state index contributed by atoms with van der Waals surface area (Å²) in [4.78, 5) is 10.5. The number of hydrogen-bond acceptors (Lipinski definition) is 4. The highest BCUT2D eigenvalue weighted by Crippen LogP contribution is 1.97. The predicted molar refractivity (Wildman–Crippen MR) is 46.0 cm³/mol. The van der Waals surface area contributed by atoms with Crippen LogP contribution in [0.4, 0.5) is 0 Å². The molecule has 0 amide bonds. The van der Waals surface area contributed by atoms with E-state index in [2.05, 4.69) is 5.14 Å². The van der Waals surface area contributed by atoms with Crippen molar-refractivity contribution in [2.75, 3.05) is 6.54 Å². The third kappa shape index (κ3) is 6.46. The Labute approximate surface area is 76.3 Å². The van der Waals surface area contributed by atoms with Crippen LogP contribution in [0, 0.1) is 0 Å². The third-order valence-corrected chi connectivity index (χ3v) is 1.91. The van der Waals surface area contributed by atoms with Gasteiger partial charge in [-0.05, 0) is 19.4 Å². The molecule has 7 nitrogen and oxygen atoms in total. The Kier molecular flexibility index (Phi) is 4.85. The standard InChI is InChI=1S/C5H13N3O4S/c6-3-1-2-4(5(9)10)8-13(7,11)12/h4,8H,1-3,6H2,(H,9,10)(H2,7,11,12)/t4-/m0/s1. The van der Waals surface area contributed by atoms with Gasteiger partial charge in [0.25, 0.3) is 10.2 Å². The molecule has 0 radical (unpaired) electrons. The first-order valence-electron chi connectivity index (χ1n) is 3.59. The molecule has 0 aliphatic heterocycles. The van der Waals surface area contributed by atoms with Crippen LogP contribution in [0.2, 0.25) is 0 Å². The van der Waals surface area contributed by atoms with Gasteiger partial charge in [-0.15, -0.1) is 0 Å². The van der Waals surface area contributed by atoms with Gasteiger partial charge in [0.15, 0.2) is 0 Å². The molecule has 8 heteroatoms. The molecule has 0 saturated carbocycles. The van der Waals surface area contributed by atoms with E-state index in [1.165, 1.54) is 0 Å². The summed E-state index contributed by atoms with van der Waals surface area (Å²) in [6, 6.07) is -1.20. The molecule has 0 rings (SSSR count). The fraction of sp³-hybridized carbons (Fsp3) is 0.800. The smallest absolute Gasteiger partial charge is 0.321 e. The maximum Gasteiger partial charge on any atom is 0.321 e. The van der Waals surface area contributed by atoms with E-state index >= 15 is 0 Å². The van der Waals surface area contributed by atoms with Gasteiger partial charge in [-0.1, -0.05) is 0 Å². The Morgan fingerprint density at radius 2 is 2.08 bits per heavy atom. The van der Waals surface area contributed by atoms with Crippen molar-refractivity contribution in [2.45, 2.75) is 18.9 Å². The number of carboxylic acids is 1. The molecule has 0 aromatic rings. The molecular formula is C5H13N3O4S. The molecule has 0 aliphatic rings. The van der Waals surface area contributed by atoms with Gasteiger partial charge in [-0.3, -0.25) is 4.79 Å². The first-order chi connectivity index (χ1) is 5.87. The maximum absolute atomic E-state index is 10.5. The van der Waals surface area contributed by atoms with Crippen molar-refractivity contribution in [1.82, 2.24) is 4.72 Å². The Hall–Kier alpha value is -0.700. The summed E-state index contributed by atoms with van der Waals surface area (Å²) in [5.41, 5.74) is 5.14. The number of carboxylic acid groups (broad SMARTS) is 1. The summed E-state index contributed by atoms with van der Waals surface area (Å²) in [7, 11) is -3.97. The van der Waals surface area contributed by atoms with Crippen LogP contribution in [0.1, 0.15) is 12.8 Å². The zero-order valence-corrected chi connectivity index (χ0v) is 7.75. The molecule has 0 fully saturated rings. The number of hydrogen-bond donors (Lipinski definition) is 4. The summed E-state index contributed by atoms with van der Waals surface area (Å²) in [5.74, 6) is -1.26. The lowest BCUT2D eigenvalue weighted by Crippen LogP contribution is -2.44. The highest BCUT2D eigenvalue weighted by atomic mass is 32.2.